The Labute approximate surface area is 89.4 Å². The fraction of sp³-hybridized carbons (Fsp3) is 0.778. The molecule has 0 spiro atoms. The number of hydrogen-bond acceptors (Lipinski definition) is 3. The number of aliphatic hydroxyl groups is 1. The van der Waals surface area contributed by atoms with E-state index >= 15 is 0 Å². The summed E-state index contributed by atoms with van der Waals surface area (Å²) in [5.41, 5.74) is 0. The highest BCUT2D eigenvalue weighted by Gasteiger charge is 2.05. The number of hydrogen-bond donors (Lipinski definition) is 4. The average Bonchev–Trinajstić information content (AvgIpc) is 2.20. The Hall–Kier alpha value is -1.30. The Morgan fingerprint density at radius 3 is 2.13 bits per heavy atom. The predicted molar refractivity (Wildman–Crippen MR) is 56.3 cm³/mol. The van der Waals surface area contributed by atoms with Crippen LogP contribution in [0, 0.1) is 5.92 Å². The smallest absolute Gasteiger partial charge is 0.314 e. The van der Waals surface area contributed by atoms with Gasteiger partial charge in [-0.25, -0.2) is 4.79 Å². The van der Waals surface area contributed by atoms with Crippen LogP contribution in [-0.4, -0.2) is 43.3 Å². The summed E-state index contributed by atoms with van der Waals surface area (Å²) in [7, 11) is 0. The van der Waals surface area contributed by atoms with Crippen LogP contribution in [0.25, 0.3) is 0 Å². The molecular weight excluding hydrogens is 198 g/mol. The second kappa shape index (κ2) is 8.05. The van der Waals surface area contributed by atoms with E-state index in [0.29, 0.717) is 13.1 Å². The molecule has 0 aliphatic heterocycles. The highest BCUT2D eigenvalue weighted by atomic mass is 16.3. The molecule has 0 radical (unpaired) electrons. The van der Waals surface area contributed by atoms with E-state index in [0.717, 1.165) is 0 Å². The number of nitrogens with one attached hydrogen (secondary N) is 3. The minimum absolute atomic E-state index is 0.0347. The molecule has 0 rings (SSSR count). The first-order chi connectivity index (χ1) is 7.07. The fourth-order valence-corrected chi connectivity index (χ4v) is 0.798. The summed E-state index contributed by atoms with van der Waals surface area (Å²) < 4.78 is 0. The van der Waals surface area contributed by atoms with Gasteiger partial charge >= 0.3 is 6.03 Å². The minimum atomic E-state index is -0.345. The maximum Gasteiger partial charge on any atom is 0.314 e. The van der Waals surface area contributed by atoms with E-state index in [1.54, 1.807) is 13.8 Å². The first kappa shape index (κ1) is 13.7. The summed E-state index contributed by atoms with van der Waals surface area (Å²) in [6.45, 7) is 4.52. The lowest BCUT2D eigenvalue weighted by atomic mass is 10.2. The second-order valence-electron chi connectivity index (χ2n) is 3.35. The second-order valence-corrected chi connectivity index (χ2v) is 3.35. The van der Waals surface area contributed by atoms with Crippen molar-refractivity contribution in [3.63, 3.8) is 0 Å². The number of amides is 3. The molecular formula is C9H19N3O3. The molecule has 15 heavy (non-hydrogen) atoms. The SMILES string of the molecule is CC(C)C(=O)NCCNC(=O)NCCO. The Bertz CT molecular complexity index is 207. The first-order valence-electron chi connectivity index (χ1n) is 4.98. The van der Waals surface area contributed by atoms with E-state index in [1.165, 1.54) is 0 Å². The predicted octanol–water partition coefficient (Wildman–Crippen LogP) is -0.950. The zero-order valence-corrected chi connectivity index (χ0v) is 9.17. The van der Waals surface area contributed by atoms with Crippen LogP contribution in [0.5, 0.6) is 0 Å². The lowest BCUT2D eigenvalue weighted by Crippen LogP contribution is -2.41. The van der Waals surface area contributed by atoms with Gasteiger partial charge in [0.05, 0.1) is 6.61 Å². The standard InChI is InChI=1S/C9H19N3O3/c1-7(2)8(14)10-3-4-11-9(15)12-5-6-13/h7,13H,3-6H2,1-2H3,(H,10,14)(H2,11,12,15). The normalized spacial score (nSPS) is 9.87. The van der Waals surface area contributed by atoms with Gasteiger partial charge in [0.2, 0.25) is 5.91 Å². The fourth-order valence-electron chi connectivity index (χ4n) is 0.798. The molecule has 0 fully saturated rings. The van der Waals surface area contributed by atoms with Crippen LogP contribution in [0.1, 0.15) is 13.8 Å². The van der Waals surface area contributed by atoms with Gasteiger partial charge in [-0.3, -0.25) is 4.79 Å². The number of carbonyl (C=O) groups is 2. The summed E-state index contributed by atoms with van der Waals surface area (Å²) in [5.74, 6) is -0.0826. The van der Waals surface area contributed by atoms with Gasteiger partial charge in [0, 0.05) is 25.6 Å². The lowest BCUT2D eigenvalue weighted by molar-refractivity contribution is -0.123. The average molecular weight is 217 g/mol. The molecule has 4 N–H and O–H groups in total. The third-order valence-electron chi connectivity index (χ3n) is 1.63. The van der Waals surface area contributed by atoms with Gasteiger partial charge in [0.15, 0.2) is 0 Å². The van der Waals surface area contributed by atoms with Crippen LogP contribution >= 0.6 is 0 Å². The van der Waals surface area contributed by atoms with Crippen molar-refractivity contribution < 1.29 is 14.7 Å². The molecule has 6 nitrogen and oxygen atoms in total. The summed E-state index contributed by atoms with van der Waals surface area (Å²) >= 11 is 0. The first-order valence-corrected chi connectivity index (χ1v) is 4.98. The summed E-state index contributed by atoms with van der Waals surface area (Å²) in [4.78, 5) is 22.0. The van der Waals surface area contributed by atoms with Gasteiger partial charge in [-0.1, -0.05) is 13.8 Å². The van der Waals surface area contributed by atoms with Crippen molar-refractivity contribution in [1.29, 1.82) is 0 Å². The van der Waals surface area contributed by atoms with E-state index < -0.39 is 0 Å². The molecule has 6 heteroatoms. The molecule has 0 aromatic heterocycles. The highest BCUT2D eigenvalue weighted by Crippen LogP contribution is 1.88. The van der Waals surface area contributed by atoms with Crippen LogP contribution in [-0.2, 0) is 4.79 Å². The molecule has 0 aliphatic rings. The van der Waals surface area contributed by atoms with Crippen molar-refractivity contribution in [2.45, 2.75) is 13.8 Å². The molecule has 3 amide bonds. The highest BCUT2D eigenvalue weighted by molar-refractivity contribution is 5.78. The monoisotopic (exact) mass is 217 g/mol. The van der Waals surface area contributed by atoms with Gasteiger partial charge in [-0.05, 0) is 0 Å². The topological polar surface area (TPSA) is 90.5 Å². The third-order valence-corrected chi connectivity index (χ3v) is 1.63. The third kappa shape index (κ3) is 7.75. The van der Waals surface area contributed by atoms with E-state index in [9.17, 15) is 9.59 Å². The Balaban J connectivity index is 3.38. The molecule has 0 atom stereocenters. The zero-order chi connectivity index (χ0) is 11.7. The van der Waals surface area contributed by atoms with Crippen LogP contribution in [0.15, 0.2) is 0 Å². The molecule has 0 heterocycles. The molecule has 0 aromatic carbocycles. The van der Waals surface area contributed by atoms with Crippen molar-refractivity contribution in [3.05, 3.63) is 0 Å². The minimum Gasteiger partial charge on any atom is -0.395 e. The maximum absolute atomic E-state index is 11.1. The zero-order valence-electron chi connectivity index (χ0n) is 9.17. The van der Waals surface area contributed by atoms with Crippen molar-refractivity contribution in [2.75, 3.05) is 26.2 Å². The maximum atomic E-state index is 11.1. The van der Waals surface area contributed by atoms with Gasteiger partial charge in [0.25, 0.3) is 0 Å². The quantitative estimate of drug-likeness (QED) is 0.432. The van der Waals surface area contributed by atoms with E-state index in [-0.39, 0.29) is 31.0 Å². The van der Waals surface area contributed by atoms with Crippen LogP contribution in [0.3, 0.4) is 0 Å². The summed E-state index contributed by atoms with van der Waals surface area (Å²) in [6.07, 6.45) is 0. The van der Waals surface area contributed by atoms with Crippen LogP contribution in [0.4, 0.5) is 4.79 Å². The van der Waals surface area contributed by atoms with Gasteiger partial charge in [0.1, 0.15) is 0 Å². The van der Waals surface area contributed by atoms with Crippen molar-refractivity contribution in [2.24, 2.45) is 5.92 Å². The number of aliphatic hydroxyl groups excluding tert-OH is 1. The van der Waals surface area contributed by atoms with Crippen molar-refractivity contribution in [3.8, 4) is 0 Å². The Morgan fingerprint density at radius 1 is 1.07 bits per heavy atom. The van der Waals surface area contributed by atoms with Gasteiger partial charge in [-0.2, -0.15) is 0 Å². The molecule has 0 saturated heterocycles. The van der Waals surface area contributed by atoms with Gasteiger partial charge < -0.3 is 21.1 Å². The molecule has 0 aliphatic carbocycles. The molecule has 0 saturated carbocycles. The Kier molecular flexibility index (Phi) is 7.35. The van der Waals surface area contributed by atoms with Crippen molar-refractivity contribution >= 4 is 11.9 Å². The number of carbonyl (C=O) groups excluding carboxylic acids is 2. The number of rotatable bonds is 6. The van der Waals surface area contributed by atoms with E-state index in [4.69, 9.17) is 5.11 Å². The molecule has 0 unspecified atom stereocenters. The number of urea groups is 1. The molecule has 0 bridgehead atoms. The van der Waals surface area contributed by atoms with E-state index in [2.05, 4.69) is 16.0 Å². The summed E-state index contributed by atoms with van der Waals surface area (Å²) in [5, 5.41) is 16.1. The Morgan fingerprint density at radius 2 is 1.60 bits per heavy atom. The summed E-state index contributed by atoms with van der Waals surface area (Å²) in [6, 6.07) is -0.345. The molecule has 0 aromatic rings. The van der Waals surface area contributed by atoms with Crippen LogP contribution in [0.2, 0.25) is 0 Å². The lowest BCUT2D eigenvalue weighted by Gasteiger charge is -2.09. The molecule has 88 valence electrons. The van der Waals surface area contributed by atoms with Crippen LogP contribution < -0.4 is 16.0 Å². The van der Waals surface area contributed by atoms with E-state index in [1.807, 2.05) is 0 Å². The largest absolute Gasteiger partial charge is 0.395 e. The van der Waals surface area contributed by atoms with Gasteiger partial charge in [-0.15, -0.1) is 0 Å². The van der Waals surface area contributed by atoms with Crippen molar-refractivity contribution in [1.82, 2.24) is 16.0 Å².